The number of nitrogens with one attached hydrogen (secondary N) is 2. The zero-order valence-corrected chi connectivity index (χ0v) is 20.5. The molecule has 1 amide bonds. The maximum atomic E-state index is 14.8. The van der Waals surface area contributed by atoms with Gasteiger partial charge in [0.15, 0.2) is 28.8 Å². The Kier molecular flexibility index (Phi) is 7.61. The molecule has 2 N–H and O–H groups in total. The second kappa shape index (κ2) is 10.6. The molecule has 0 saturated carbocycles. The Balaban J connectivity index is 1.61. The maximum absolute atomic E-state index is 14.8. The lowest BCUT2D eigenvalue weighted by Gasteiger charge is -2.31. The summed E-state index contributed by atoms with van der Waals surface area (Å²) in [4.78, 5) is 32.1. The van der Waals surface area contributed by atoms with E-state index < -0.39 is 12.1 Å². The number of rotatable bonds is 5. The quantitative estimate of drug-likeness (QED) is 0.597. The Morgan fingerprint density at radius 2 is 2.26 bits per heavy atom. The summed E-state index contributed by atoms with van der Waals surface area (Å²) in [6.07, 6.45) is 1.10. The highest BCUT2D eigenvalue weighted by Gasteiger charge is 2.29. The maximum Gasteiger partial charge on any atom is 0.299 e. The number of carbonyl (C=O) groups excluding carboxylic acids is 1. The molecule has 10 nitrogen and oxygen atoms in total. The van der Waals surface area contributed by atoms with Gasteiger partial charge in [0.25, 0.3) is 11.9 Å². The summed E-state index contributed by atoms with van der Waals surface area (Å²) in [5.41, 5.74) is 0.220. The number of benzene rings is 1. The van der Waals surface area contributed by atoms with Gasteiger partial charge in [-0.25, -0.2) is 14.4 Å². The van der Waals surface area contributed by atoms with E-state index in [1.54, 1.807) is 20.3 Å². The van der Waals surface area contributed by atoms with Gasteiger partial charge < -0.3 is 19.7 Å². The number of nitrogens with zero attached hydrogens (tertiary/aromatic N) is 5. The monoisotopic (exact) mass is 509 g/mol. The van der Waals surface area contributed by atoms with E-state index in [0.29, 0.717) is 41.5 Å². The third kappa shape index (κ3) is 5.63. The first-order valence-electron chi connectivity index (χ1n) is 10.6. The molecule has 2 aliphatic heterocycles. The number of aromatic nitrogens is 1. The second-order valence-corrected chi connectivity index (χ2v) is 9.35. The van der Waals surface area contributed by atoms with Crippen LogP contribution >= 0.6 is 23.1 Å². The number of amides is 1. The van der Waals surface area contributed by atoms with E-state index in [0.717, 1.165) is 12.6 Å². The summed E-state index contributed by atoms with van der Waals surface area (Å²) in [7, 11) is 3.21. The average Bonchev–Trinajstić information content (AvgIpc) is 3.20. The first kappa shape index (κ1) is 24.3. The van der Waals surface area contributed by atoms with E-state index >= 15 is 0 Å². The highest BCUT2D eigenvalue weighted by Crippen LogP contribution is 2.24. The van der Waals surface area contributed by atoms with Gasteiger partial charge in [-0.05, 0) is 24.1 Å². The summed E-state index contributed by atoms with van der Waals surface area (Å²) in [6.45, 7) is 4.73. The van der Waals surface area contributed by atoms with Crippen molar-refractivity contribution in [1.29, 1.82) is 0 Å². The van der Waals surface area contributed by atoms with Crippen LogP contribution in [-0.2, 0) is 4.74 Å². The third-order valence-electron chi connectivity index (χ3n) is 5.12. The first-order valence-corrected chi connectivity index (χ1v) is 11.8. The zero-order chi connectivity index (χ0) is 24.2. The van der Waals surface area contributed by atoms with Gasteiger partial charge in [-0.2, -0.15) is 4.99 Å². The van der Waals surface area contributed by atoms with Crippen molar-refractivity contribution in [2.24, 2.45) is 15.9 Å². The molecule has 0 aliphatic carbocycles. The van der Waals surface area contributed by atoms with Gasteiger partial charge in [-0.15, -0.1) is 0 Å². The largest absolute Gasteiger partial charge is 0.423 e. The second-order valence-electron chi connectivity index (χ2n) is 8.13. The fourth-order valence-electron chi connectivity index (χ4n) is 3.49. The van der Waals surface area contributed by atoms with E-state index in [9.17, 15) is 9.18 Å². The van der Waals surface area contributed by atoms with Crippen LogP contribution in [-0.4, -0.2) is 79.2 Å². The van der Waals surface area contributed by atoms with E-state index in [1.165, 1.54) is 28.4 Å². The number of anilines is 1. The van der Waals surface area contributed by atoms with Crippen molar-refractivity contribution in [3.63, 3.8) is 0 Å². The molecule has 3 heterocycles. The molecule has 0 radical (unpaired) electrons. The van der Waals surface area contributed by atoms with Crippen molar-refractivity contribution in [2.45, 2.75) is 13.2 Å². The molecule has 2 aliphatic rings. The normalized spacial score (nSPS) is 21.1. The molecule has 13 heteroatoms. The smallest absolute Gasteiger partial charge is 0.299 e. The van der Waals surface area contributed by atoms with Crippen LogP contribution < -0.4 is 14.9 Å². The fourth-order valence-corrected chi connectivity index (χ4v) is 4.30. The summed E-state index contributed by atoms with van der Waals surface area (Å²) in [5, 5.41) is 3.63. The van der Waals surface area contributed by atoms with Crippen molar-refractivity contribution in [3.05, 3.63) is 40.7 Å². The topological polar surface area (TPSA) is 104 Å². The number of aliphatic imine (C=N–C) groups is 2. The Morgan fingerprint density at radius 1 is 1.44 bits per heavy atom. The van der Waals surface area contributed by atoms with E-state index in [1.807, 2.05) is 0 Å². The number of hydrogen-bond acceptors (Lipinski definition) is 10. The zero-order valence-electron chi connectivity index (χ0n) is 18.9. The number of halogens is 2. The minimum atomic E-state index is -0.680. The summed E-state index contributed by atoms with van der Waals surface area (Å²) in [5.74, 6) is -0.366. The van der Waals surface area contributed by atoms with Crippen molar-refractivity contribution in [3.8, 4) is 5.75 Å². The Bertz CT molecular complexity index is 1110. The van der Waals surface area contributed by atoms with Gasteiger partial charge in [0.05, 0.1) is 24.3 Å². The molecule has 1 fully saturated rings. The molecule has 2 atom stereocenters. The van der Waals surface area contributed by atoms with Crippen LogP contribution in [0.5, 0.6) is 5.75 Å². The van der Waals surface area contributed by atoms with E-state index in [2.05, 4.69) is 32.0 Å². The highest BCUT2D eigenvalue weighted by atomic mass is 35.5. The lowest BCUT2D eigenvalue weighted by atomic mass is 10.2. The summed E-state index contributed by atoms with van der Waals surface area (Å²) < 4.78 is 26.2. The third-order valence-corrected chi connectivity index (χ3v) is 6.32. The van der Waals surface area contributed by atoms with Crippen molar-refractivity contribution >= 4 is 46.0 Å². The Morgan fingerprint density at radius 3 is 2.97 bits per heavy atom. The fraction of sp³-hybridized carbons (Fsp3) is 0.429. The lowest BCUT2D eigenvalue weighted by Crippen LogP contribution is -2.52. The number of hydrogen-bond donors (Lipinski definition) is 2. The highest BCUT2D eigenvalue weighted by molar-refractivity contribution is 7.17. The van der Waals surface area contributed by atoms with Crippen molar-refractivity contribution in [2.75, 3.05) is 45.2 Å². The molecule has 0 bridgehead atoms. The van der Waals surface area contributed by atoms with Gasteiger partial charge in [-0.3, -0.25) is 14.5 Å². The van der Waals surface area contributed by atoms with Gasteiger partial charge in [0, 0.05) is 44.5 Å². The average molecular weight is 510 g/mol. The van der Waals surface area contributed by atoms with Crippen LogP contribution in [0.3, 0.4) is 0 Å². The van der Waals surface area contributed by atoms with Crippen molar-refractivity contribution in [1.82, 2.24) is 20.1 Å². The first-order chi connectivity index (χ1) is 16.3. The standard InChI is InChI=1S/C21H25ClFN7O3S/c1-12-10-30(6-7-32-11-12)19-25-17(16-9-24-21(28-22)34-16)26-20(27-19)33-15-5-4-13(8-14(15)23)18(31)29(2)3/h4-5,8-9,12,19H,6-7,10-11H2,1-3H3,(H,24,28)(H,25,26,27)/t12-,19?/m1/s1. The Hall–Kier alpha value is -2.80. The van der Waals surface area contributed by atoms with Gasteiger partial charge in [0.1, 0.15) is 0 Å². The van der Waals surface area contributed by atoms with E-state index in [4.69, 9.17) is 26.2 Å². The Labute approximate surface area is 205 Å². The lowest BCUT2D eigenvalue weighted by molar-refractivity contribution is 0.0827. The summed E-state index contributed by atoms with van der Waals surface area (Å²) in [6, 6.07) is 4.13. The molecule has 1 saturated heterocycles. The van der Waals surface area contributed by atoms with E-state index in [-0.39, 0.29) is 23.2 Å². The van der Waals surface area contributed by atoms with Crippen LogP contribution in [0.4, 0.5) is 9.52 Å². The molecule has 34 heavy (non-hydrogen) atoms. The van der Waals surface area contributed by atoms with Crippen LogP contribution in [0.1, 0.15) is 22.2 Å². The van der Waals surface area contributed by atoms with Crippen LogP contribution in [0.2, 0.25) is 0 Å². The molecule has 1 aromatic carbocycles. The van der Waals surface area contributed by atoms with Gasteiger partial charge in [0.2, 0.25) is 0 Å². The number of amidine groups is 2. The predicted molar refractivity (Wildman–Crippen MR) is 129 cm³/mol. The number of thiazole rings is 1. The molecular formula is C21H25ClFN7O3S. The summed E-state index contributed by atoms with van der Waals surface area (Å²) >= 11 is 6.94. The number of ether oxygens (including phenoxy) is 2. The van der Waals surface area contributed by atoms with Gasteiger partial charge >= 0.3 is 0 Å². The van der Waals surface area contributed by atoms with Crippen molar-refractivity contribution < 1.29 is 18.7 Å². The molecule has 1 aromatic heterocycles. The molecule has 2 aromatic rings. The van der Waals surface area contributed by atoms with Gasteiger partial charge in [-0.1, -0.05) is 18.3 Å². The predicted octanol–water partition coefficient (Wildman–Crippen LogP) is 2.59. The SMILES string of the molecule is C[C@H]1COCCN(C2N=C(c3cnc(NCl)s3)N=C(Oc3ccc(C(=O)N(C)C)cc3F)N2)C1. The number of carbonyl (C=O) groups is 1. The molecule has 0 spiro atoms. The van der Waals surface area contributed by atoms with Crippen LogP contribution in [0, 0.1) is 11.7 Å². The molecular weight excluding hydrogens is 485 g/mol. The van der Waals surface area contributed by atoms with Crippen LogP contribution in [0.15, 0.2) is 34.4 Å². The minimum Gasteiger partial charge on any atom is -0.423 e. The molecule has 182 valence electrons. The molecule has 1 unspecified atom stereocenters. The minimum absolute atomic E-state index is 0.0680. The molecule has 4 rings (SSSR count). The van der Waals surface area contributed by atoms with Crippen LogP contribution in [0.25, 0.3) is 0 Å².